The predicted molar refractivity (Wildman–Crippen MR) is 80.1 cm³/mol. The Balaban J connectivity index is 2.61. The molecule has 0 saturated carbocycles. The second kappa shape index (κ2) is 5.95. The Kier molecular flexibility index (Phi) is 4.21. The van der Waals surface area contributed by atoms with Crippen LogP contribution in [0.25, 0.3) is 0 Å². The Bertz CT molecular complexity index is 750. The van der Waals surface area contributed by atoms with Gasteiger partial charge < -0.3 is 5.11 Å². The van der Waals surface area contributed by atoms with Crippen LogP contribution in [0.5, 0.6) is 0 Å². The first-order valence-electron chi connectivity index (χ1n) is 6.61. The zero-order chi connectivity index (χ0) is 17.3. The molecule has 1 aromatic carbocycles. The molecule has 2 unspecified atom stereocenters. The molecule has 120 valence electrons. The van der Waals surface area contributed by atoms with Gasteiger partial charge in [-0.2, -0.15) is 0 Å². The number of nitro groups is 2. The third-order valence-corrected chi connectivity index (χ3v) is 3.71. The molecule has 2 rings (SSSR count). The van der Waals surface area contributed by atoms with Crippen LogP contribution in [0.3, 0.4) is 0 Å². The number of nitro benzene ring substituents is 1. The van der Waals surface area contributed by atoms with Crippen LogP contribution < -0.4 is 0 Å². The van der Waals surface area contributed by atoms with E-state index >= 15 is 0 Å². The van der Waals surface area contributed by atoms with Crippen LogP contribution in [-0.2, 0) is 4.79 Å². The quantitative estimate of drug-likeness (QED) is 0.667. The number of allylic oxidation sites excluding steroid dienone is 1. The van der Waals surface area contributed by atoms with Crippen LogP contribution in [0, 0.1) is 20.2 Å². The summed E-state index contributed by atoms with van der Waals surface area (Å²) in [6.07, 6.45) is 0. The van der Waals surface area contributed by atoms with Gasteiger partial charge in [-0.15, -0.1) is 0 Å². The molecule has 0 amide bonds. The first-order valence-corrected chi connectivity index (χ1v) is 6.61. The van der Waals surface area contributed by atoms with Crippen LogP contribution in [0.2, 0.25) is 0 Å². The van der Waals surface area contributed by atoms with Gasteiger partial charge in [0.05, 0.1) is 22.1 Å². The average Bonchev–Trinajstić information content (AvgIpc) is 2.45. The summed E-state index contributed by atoms with van der Waals surface area (Å²) in [6, 6.07) is 3.75. The fraction of sp³-hybridized carbons (Fsp3) is 0.286. The van der Waals surface area contributed by atoms with E-state index in [0.717, 1.165) is 0 Å². The van der Waals surface area contributed by atoms with Crippen LogP contribution in [0.1, 0.15) is 25.3 Å². The molecule has 9 nitrogen and oxygen atoms in total. The van der Waals surface area contributed by atoms with E-state index in [1.165, 1.54) is 38.1 Å². The van der Waals surface area contributed by atoms with Gasteiger partial charge in [0.1, 0.15) is 0 Å². The molecule has 0 bridgehead atoms. The van der Waals surface area contributed by atoms with Crippen LogP contribution in [-0.4, -0.2) is 32.7 Å². The Labute approximate surface area is 130 Å². The number of rotatable bonds is 4. The lowest BCUT2D eigenvalue weighted by molar-refractivity contribution is -0.505. The maximum atomic E-state index is 11.5. The third kappa shape index (κ3) is 2.93. The van der Waals surface area contributed by atoms with Crippen molar-refractivity contribution in [2.24, 2.45) is 4.99 Å². The predicted octanol–water partition coefficient (Wildman–Crippen LogP) is 2.16. The minimum absolute atomic E-state index is 0.175. The molecule has 0 radical (unpaired) electrons. The molecule has 1 N–H and O–H groups in total. The van der Waals surface area contributed by atoms with E-state index < -0.39 is 27.8 Å². The van der Waals surface area contributed by atoms with E-state index in [1.54, 1.807) is 0 Å². The molecule has 0 spiro atoms. The maximum Gasteiger partial charge on any atom is 0.334 e. The standard InChI is InChI=1S/C14H13N3O6/c1-7-11(14(18)19)12(13(17(22)23)8(2)15-7)9-3-5-10(6-4-9)16(20)21/h3-6,12-13H,1-2H3,(H,18,19). The first kappa shape index (κ1) is 16.3. The number of nitrogens with zero attached hydrogens (tertiary/aromatic N) is 3. The van der Waals surface area contributed by atoms with Crippen molar-refractivity contribution in [2.45, 2.75) is 25.8 Å². The van der Waals surface area contributed by atoms with Gasteiger partial charge in [0.25, 0.3) is 11.7 Å². The van der Waals surface area contributed by atoms with Crippen molar-refractivity contribution in [2.75, 3.05) is 0 Å². The monoisotopic (exact) mass is 319 g/mol. The summed E-state index contributed by atoms with van der Waals surface area (Å²) in [7, 11) is 0. The van der Waals surface area contributed by atoms with Crippen molar-refractivity contribution in [1.29, 1.82) is 0 Å². The fourth-order valence-electron chi connectivity index (χ4n) is 2.73. The minimum Gasteiger partial charge on any atom is -0.478 e. The third-order valence-electron chi connectivity index (χ3n) is 3.71. The zero-order valence-electron chi connectivity index (χ0n) is 12.3. The lowest BCUT2D eigenvalue weighted by atomic mass is 9.80. The molecule has 0 saturated heterocycles. The van der Waals surface area contributed by atoms with E-state index in [-0.39, 0.29) is 22.7 Å². The van der Waals surface area contributed by atoms with Crippen LogP contribution >= 0.6 is 0 Å². The summed E-state index contributed by atoms with van der Waals surface area (Å²) in [5.41, 5.74) is 0.358. The summed E-state index contributed by atoms with van der Waals surface area (Å²) < 4.78 is 0. The topological polar surface area (TPSA) is 136 Å². The molecule has 1 aliphatic rings. The summed E-state index contributed by atoms with van der Waals surface area (Å²) in [4.78, 5) is 36.4. The van der Waals surface area contributed by atoms with E-state index in [9.17, 15) is 30.1 Å². The van der Waals surface area contributed by atoms with Gasteiger partial charge in [-0.25, -0.2) is 4.79 Å². The highest BCUT2D eigenvalue weighted by Gasteiger charge is 2.44. The van der Waals surface area contributed by atoms with Gasteiger partial charge in [0.15, 0.2) is 0 Å². The normalized spacial score (nSPS) is 20.9. The van der Waals surface area contributed by atoms with E-state index in [2.05, 4.69) is 4.99 Å². The molecule has 1 aliphatic heterocycles. The lowest BCUT2D eigenvalue weighted by Crippen LogP contribution is -2.39. The zero-order valence-corrected chi connectivity index (χ0v) is 12.3. The van der Waals surface area contributed by atoms with Crippen molar-refractivity contribution >= 4 is 17.4 Å². The average molecular weight is 319 g/mol. The number of carboxylic acid groups (broad SMARTS) is 1. The summed E-state index contributed by atoms with van der Waals surface area (Å²) in [6.45, 7) is 2.94. The highest BCUT2D eigenvalue weighted by Crippen LogP contribution is 2.36. The number of hydrogen-bond acceptors (Lipinski definition) is 6. The number of benzene rings is 1. The van der Waals surface area contributed by atoms with Crippen LogP contribution in [0.15, 0.2) is 40.5 Å². The minimum atomic E-state index is -1.33. The Morgan fingerprint density at radius 3 is 2.17 bits per heavy atom. The van der Waals surface area contributed by atoms with Crippen LogP contribution in [0.4, 0.5) is 5.69 Å². The second-order valence-electron chi connectivity index (χ2n) is 5.11. The van der Waals surface area contributed by atoms with Gasteiger partial charge >= 0.3 is 5.97 Å². The van der Waals surface area contributed by atoms with Crippen molar-refractivity contribution < 1.29 is 19.7 Å². The van der Waals surface area contributed by atoms with Gasteiger partial charge in [-0.1, -0.05) is 12.1 Å². The maximum absolute atomic E-state index is 11.5. The number of hydrogen-bond donors (Lipinski definition) is 1. The van der Waals surface area contributed by atoms with Gasteiger partial charge in [-0.3, -0.25) is 25.2 Å². The largest absolute Gasteiger partial charge is 0.478 e. The first-order chi connectivity index (χ1) is 10.7. The Morgan fingerprint density at radius 1 is 1.17 bits per heavy atom. The number of aliphatic imine (C=N–C) groups is 1. The summed E-state index contributed by atoms with van der Waals surface area (Å²) in [5, 5.41) is 31.5. The SMILES string of the molecule is CC1=NC(C)=C(C(=O)O)C(c2ccc([N+](=O)[O-])cc2)C1[N+](=O)[O-]. The number of carboxylic acids is 1. The summed E-state index contributed by atoms with van der Waals surface area (Å²) >= 11 is 0. The van der Waals surface area contributed by atoms with Crippen molar-refractivity contribution in [3.8, 4) is 0 Å². The molecule has 9 heteroatoms. The molecule has 1 aromatic rings. The molecule has 0 aliphatic carbocycles. The number of non-ortho nitro benzene ring substituents is 1. The molecule has 0 fully saturated rings. The molecular formula is C14H13N3O6. The highest BCUT2D eigenvalue weighted by molar-refractivity contribution is 5.97. The highest BCUT2D eigenvalue weighted by atomic mass is 16.6. The molecule has 2 atom stereocenters. The molecule has 0 aromatic heterocycles. The summed E-state index contributed by atoms with van der Waals surface area (Å²) in [5.74, 6) is -2.35. The van der Waals surface area contributed by atoms with Crippen molar-refractivity contribution in [3.63, 3.8) is 0 Å². The van der Waals surface area contributed by atoms with E-state index in [4.69, 9.17) is 0 Å². The molecule has 1 heterocycles. The van der Waals surface area contributed by atoms with Crippen molar-refractivity contribution in [1.82, 2.24) is 0 Å². The smallest absolute Gasteiger partial charge is 0.334 e. The fourth-order valence-corrected chi connectivity index (χ4v) is 2.73. The van der Waals surface area contributed by atoms with Crippen molar-refractivity contribution in [3.05, 3.63) is 61.3 Å². The molecule has 23 heavy (non-hydrogen) atoms. The van der Waals surface area contributed by atoms with E-state index in [1.807, 2.05) is 0 Å². The number of aliphatic carboxylic acids is 1. The Hall–Kier alpha value is -3.10. The second-order valence-corrected chi connectivity index (χ2v) is 5.11. The van der Waals surface area contributed by atoms with Gasteiger partial charge in [0.2, 0.25) is 0 Å². The lowest BCUT2D eigenvalue weighted by Gasteiger charge is -2.26. The van der Waals surface area contributed by atoms with E-state index in [0.29, 0.717) is 5.56 Å². The molecular weight excluding hydrogens is 306 g/mol. The van der Waals surface area contributed by atoms with Gasteiger partial charge in [-0.05, 0) is 19.4 Å². The number of carbonyl (C=O) groups is 1. The van der Waals surface area contributed by atoms with Gasteiger partial charge in [0, 0.05) is 22.8 Å². The Morgan fingerprint density at radius 2 is 1.74 bits per heavy atom.